The van der Waals surface area contributed by atoms with Crippen LogP contribution in [0.15, 0.2) is 72.8 Å². The lowest BCUT2D eigenvalue weighted by molar-refractivity contribution is 0.684. The molecule has 0 aromatic heterocycles. The van der Waals surface area contributed by atoms with Gasteiger partial charge in [-0.2, -0.15) is 0 Å². The number of benzene rings is 2. The average molecular weight is 288 g/mol. The van der Waals surface area contributed by atoms with E-state index in [-0.39, 0.29) is 11.8 Å². The van der Waals surface area contributed by atoms with Crippen LogP contribution in [0, 0.1) is 18.3 Å². The highest BCUT2D eigenvalue weighted by Gasteiger charge is 2.22. The van der Waals surface area contributed by atoms with Gasteiger partial charge in [-0.3, -0.25) is 0 Å². The minimum absolute atomic E-state index is 0.238. The Morgan fingerprint density at radius 1 is 0.864 bits per heavy atom. The van der Waals surface area contributed by atoms with Crippen molar-refractivity contribution < 1.29 is 0 Å². The molecule has 0 radical (unpaired) electrons. The Kier molecular flexibility index (Phi) is 3.92. The summed E-state index contributed by atoms with van der Waals surface area (Å²) in [5, 5.41) is 7.69. The van der Waals surface area contributed by atoms with Crippen molar-refractivity contribution in [1.29, 1.82) is 5.41 Å². The van der Waals surface area contributed by atoms with Crippen LogP contribution in [0.2, 0.25) is 0 Å². The smallest absolute Gasteiger partial charge is 0.0533 e. The molecule has 1 aliphatic rings. The second kappa shape index (κ2) is 6.02. The van der Waals surface area contributed by atoms with Crippen LogP contribution >= 0.6 is 0 Å². The summed E-state index contributed by atoms with van der Waals surface area (Å²) in [6.45, 7) is 2.10. The van der Waals surface area contributed by atoms with Gasteiger partial charge in [-0.1, -0.05) is 54.1 Å². The molecule has 2 heteroatoms. The second-order valence-electron chi connectivity index (χ2n) is 5.81. The molecular formula is C20H20N2. The van der Waals surface area contributed by atoms with E-state index in [2.05, 4.69) is 55.5 Å². The van der Waals surface area contributed by atoms with Gasteiger partial charge in [0.2, 0.25) is 0 Å². The topological polar surface area (TPSA) is 49.9 Å². The van der Waals surface area contributed by atoms with Gasteiger partial charge in [0.1, 0.15) is 0 Å². The summed E-state index contributed by atoms with van der Waals surface area (Å²) < 4.78 is 0. The Bertz CT molecular complexity index is 660. The fourth-order valence-corrected chi connectivity index (χ4v) is 2.89. The molecule has 0 saturated carbocycles. The Morgan fingerprint density at radius 2 is 1.36 bits per heavy atom. The molecule has 2 nitrogen and oxygen atoms in total. The number of nitrogens with one attached hydrogen (secondary N) is 1. The van der Waals surface area contributed by atoms with E-state index in [1.165, 1.54) is 16.7 Å². The number of allylic oxidation sites excluding steroid dienone is 4. The molecule has 2 aromatic rings. The molecular weight excluding hydrogens is 268 g/mol. The highest BCUT2D eigenvalue weighted by atomic mass is 14.5. The number of nitrogens with two attached hydrogens (primary N) is 1. The predicted molar refractivity (Wildman–Crippen MR) is 93.4 cm³/mol. The lowest BCUT2D eigenvalue weighted by Crippen LogP contribution is -2.13. The van der Waals surface area contributed by atoms with E-state index in [0.29, 0.717) is 5.71 Å². The van der Waals surface area contributed by atoms with Gasteiger partial charge in [0.15, 0.2) is 0 Å². The van der Waals surface area contributed by atoms with Crippen LogP contribution in [-0.2, 0) is 0 Å². The van der Waals surface area contributed by atoms with Crippen LogP contribution in [0.4, 0.5) is 5.69 Å². The van der Waals surface area contributed by atoms with Crippen LogP contribution in [0.1, 0.15) is 22.6 Å². The fraction of sp³-hybridized carbons (Fsp3) is 0.150. The van der Waals surface area contributed by atoms with Crippen molar-refractivity contribution in [2.45, 2.75) is 12.8 Å². The number of rotatable bonds is 3. The molecule has 3 N–H and O–H groups in total. The summed E-state index contributed by atoms with van der Waals surface area (Å²) in [5.74, 6) is 0.488. The Hall–Kier alpha value is -2.61. The third-order valence-corrected chi connectivity index (χ3v) is 4.11. The molecule has 0 amide bonds. The van der Waals surface area contributed by atoms with Crippen molar-refractivity contribution in [2.75, 3.05) is 5.73 Å². The van der Waals surface area contributed by atoms with Gasteiger partial charge in [0.25, 0.3) is 0 Å². The molecule has 1 atom stereocenters. The first-order valence-electron chi connectivity index (χ1n) is 7.50. The van der Waals surface area contributed by atoms with Crippen LogP contribution in [-0.4, -0.2) is 5.71 Å². The molecule has 2 aromatic carbocycles. The molecule has 0 bridgehead atoms. The third kappa shape index (κ3) is 3.01. The number of aryl methyl sites for hydroxylation is 1. The van der Waals surface area contributed by atoms with Gasteiger partial charge in [-0.15, -0.1) is 0 Å². The maximum Gasteiger partial charge on any atom is 0.0533 e. The lowest BCUT2D eigenvalue weighted by Gasteiger charge is -2.25. The van der Waals surface area contributed by atoms with E-state index in [4.69, 9.17) is 11.1 Å². The van der Waals surface area contributed by atoms with Gasteiger partial charge >= 0.3 is 0 Å². The Morgan fingerprint density at radius 3 is 1.91 bits per heavy atom. The molecule has 0 heterocycles. The van der Waals surface area contributed by atoms with E-state index < -0.39 is 0 Å². The number of hydrogen-bond donors (Lipinski definition) is 2. The highest BCUT2D eigenvalue weighted by molar-refractivity contribution is 6.02. The van der Waals surface area contributed by atoms with E-state index in [9.17, 15) is 0 Å². The molecule has 3 rings (SSSR count). The van der Waals surface area contributed by atoms with E-state index >= 15 is 0 Å². The van der Waals surface area contributed by atoms with Gasteiger partial charge < -0.3 is 11.1 Å². The zero-order chi connectivity index (χ0) is 15.5. The summed E-state index contributed by atoms with van der Waals surface area (Å²) in [6, 6.07) is 16.8. The number of hydrogen-bond acceptors (Lipinski definition) is 2. The largest absolute Gasteiger partial charge is 0.399 e. The SMILES string of the molecule is Cc1ccc(C(c2ccc(N)cc2)C2C=CC(=N)C=C2)cc1. The van der Waals surface area contributed by atoms with Crippen LogP contribution < -0.4 is 5.73 Å². The monoisotopic (exact) mass is 288 g/mol. The number of nitrogen functional groups attached to an aromatic ring is 1. The summed E-state index contributed by atoms with van der Waals surface area (Å²) >= 11 is 0. The fourth-order valence-electron chi connectivity index (χ4n) is 2.89. The van der Waals surface area contributed by atoms with Crippen LogP contribution in [0.25, 0.3) is 0 Å². The standard InChI is InChI=1S/C20H20N2/c1-14-2-4-15(5-3-14)20(16-6-10-18(21)11-7-16)17-8-12-19(22)13-9-17/h2-13,16,20-21H,22H2,1H3. The zero-order valence-electron chi connectivity index (χ0n) is 12.7. The number of anilines is 1. The lowest BCUT2D eigenvalue weighted by atomic mass is 9.78. The van der Waals surface area contributed by atoms with Crippen molar-refractivity contribution in [3.8, 4) is 0 Å². The van der Waals surface area contributed by atoms with Crippen molar-refractivity contribution in [3.05, 3.63) is 89.5 Å². The second-order valence-corrected chi connectivity index (χ2v) is 5.81. The van der Waals surface area contributed by atoms with E-state index in [0.717, 1.165) is 5.69 Å². The first-order chi connectivity index (χ1) is 10.6. The third-order valence-electron chi connectivity index (χ3n) is 4.11. The van der Waals surface area contributed by atoms with Gasteiger partial charge in [0.05, 0.1) is 5.71 Å². The normalized spacial score (nSPS) is 18.4. The minimum Gasteiger partial charge on any atom is -0.399 e. The predicted octanol–water partition coefficient (Wildman–Crippen LogP) is 4.47. The molecule has 0 aliphatic heterocycles. The maximum absolute atomic E-state index is 7.69. The minimum atomic E-state index is 0.238. The highest BCUT2D eigenvalue weighted by Crippen LogP contribution is 2.35. The Balaban J connectivity index is 2.03. The van der Waals surface area contributed by atoms with E-state index in [1.807, 2.05) is 24.3 Å². The van der Waals surface area contributed by atoms with Crippen molar-refractivity contribution in [3.63, 3.8) is 0 Å². The first-order valence-corrected chi connectivity index (χ1v) is 7.50. The molecule has 22 heavy (non-hydrogen) atoms. The van der Waals surface area contributed by atoms with Crippen LogP contribution in [0.5, 0.6) is 0 Å². The molecule has 110 valence electrons. The molecule has 1 aliphatic carbocycles. The molecule has 0 fully saturated rings. The van der Waals surface area contributed by atoms with E-state index in [1.54, 1.807) is 0 Å². The quantitative estimate of drug-likeness (QED) is 0.804. The summed E-state index contributed by atoms with van der Waals surface area (Å²) in [5.41, 5.74) is 10.9. The van der Waals surface area contributed by atoms with Crippen molar-refractivity contribution in [2.24, 2.45) is 5.92 Å². The molecule has 0 saturated heterocycles. The average Bonchev–Trinajstić information content (AvgIpc) is 2.53. The van der Waals surface area contributed by atoms with Gasteiger partial charge in [-0.05, 0) is 42.3 Å². The van der Waals surface area contributed by atoms with Crippen molar-refractivity contribution in [1.82, 2.24) is 0 Å². The molecule has 0 spiro atoms. The summed E-state index contributed by atoms with van der Waals surface area (Å²) in [4.78, 5) is 0. The van der Waals surface area contributed by atoms with Crippen molar-refractivity contribution >= 4 is 11.4 Å². The zero-order valence-corrected chi connectivity index (χ0v) is 12.7. The molecule has 1 unspecified atom stereocenters. The summed E-state index contributed by atoms with van der Waals surface area (Å²) in [7, 11) is 0. The first kappa shape index (κ1) is 14.3. The van der Waals surface area contributed by atoms with Crippen LogP contribution in [0.3, 0.4) is 0 Å². The Labute approximate surface area is 131 Å². The van der Waals surface area contributed by atoms with Gasteiger partial charge in [-0.25, -0.2) is 0 Å². The summed E-state index contributed by atoms with van der Waals surface area (Å²) in [6.07, 6.45) is 7.98. The van der Waals surface area contributed by atoms with Gasteiger partial charge in [0, 0.05) is 17.5 Å². The maximum atomic E-state index is 7.69.